The first-order valence-electron chi connectivity index (χ1n) is 8.88. The molecule has 0 saturated carbocycles. The fourth-order valence-electron chi connectivity index (χ4n) is 3.12. The summed E-state index contributed by atoms with van der Waals surface area (Å²) >= 11 is 12.1. The zero-order chi connectivity index (χ0) is 21.0. The van der Waals surface area contributed by atoms with Gasteiger partial charge in [-0.05, 0) is 35.9 Å². The summed E-state index contributed by atoms with van der Waals surface area (Å²) in [5.41, 5.74) is 0.709. The number of rotatable bonds is 6. The Bertz CT molecular complexity index is 1000. The summed E-state index contributed by atoms with van der Waals surface area (Å²) in [6, 6.07) is 10.4. The third-order valence-electron chi connectivity index (χ3n) is 4.61. The van der Waals surface area contributed by atoms with Crippen molar-refractivity contribution >= 4 is 39.2 Å². The van der Waals surface area contributed by atoms with Crippen LogP contribution in [0.25, 0.3) is 0 Å². The second-order valence-corrected chi connectivity index (χ2v) is 9.20. The highest BCUT2D eigenvalue weighted by Crippen LogP contribution is 2.32. The Balaban J connectivity index is 1.79. The molecule has 0 aromatic heterocycles. The molecule has 1 fully saturated rings. The molecule has 1 saturated heterocycles. The number of carboxylic acid groups (broad SMARTS) is 1. The summed E-state index contributed by atoms with van der Waals surface area (Å²) in [7, 11) is -3.89. The van der Waals surface area contributed by atoms with Gasteiger partial charge in [0.1, 0.15) is 0 Å². The molecule has 0 aliphatic carbocycles. The smallest absolute Gasteiger partial charge is 0.335 e. The van der Waals surface area contributed by atoms with E-state index in [-0.39, 0.29) is 29.0 Å². The molecule has 0 bridgehead atoms. The zero-order valence-corrected chi connectivity index (χ0v) is 17.6. The van der Waals surface area contributed by atoms with Crippen molar-refractivity contribution in [2.24, 2.45) is 5.92 Å². The van der Waals surface area contributed by atoms with Crippen molar-refractivity contribution in [3.05, 3.63) is 63.6 Å². The number of benzene rings is 2. The maximum absolute atomic E-state index is 12.7. The van der Waals surface area contributed by atoms with Gasteiger partial charge in [-0.15, -0.1) is 0 Å². The van der Waals surface area contributed by atoms with Crippen LogP contribution >= 0.6 is 23.2 Å². The third kappa shape index (κ3) is 5.48. The van der Waals surface area contributed by atoms with Crippen molar-refractivity contribution in [2.45, 2.75) is 11.0 Å². The number of aromatic carboxylic acids is 1. The molecule has 3 rings (SSSR count). The van der Waals surface area contributed by atoms with Gasteiger partial charge in [0.05, 0.1) is 33.2 Å². The minimum Gasteiger partial charge on any atom is -0.478 e. The number of nitrogens with one attached hydrogen (secondary N) is 2. The van der Waals surface area contributed by atoms with Crippen LogP contribution in [0.4, 0.5) is 0 Å². The van der Waals surface area contributed by atoms with Gasteiger partial charge in [-0.25, -0.2) is 17.9 Å². The van der Waals surface area contributed by atoms with Crippen LogP contribution in [0.15, 0.2) is 47.4 Å². The molecule has 0 spiro atoms. The normalized spacial score (nSPS) is 20.2. The molecule has 1 aliphatic rings. The maximum Gasteiger partial charge on any atom is 0.335 e. The van der Waals surface area contributed by atoms with E-state index in [0.29, 0.717) is 29.7 Å². The summed E-state index contributed by atoms with van der Waals surface area (Å²) in [5.74, 6) is -1.41. The molecule has 3 N–H and O–H groups in total. The Morgan fingerprint density at radius 3 is 2.72 bits per heavy atom. The first kappa shape index (κ1) is 22.0. The molecule has 7 nitrogen and oxygen atoms in total. The molecular weight excluding hydrogens is 439 g/mol. The zero-order valence-electron chi connectivity index (χ0n) is 15.3. The SMILES string of the molecule is O=C(O)c1cccc(S(=O)(=O)NCC2CNCCOC2c2ccc(Cl)c(Cl)c2)c1. The number of sulfonamides is 1. The Morgan fingerprint density at radius 2 is 2.00 bits per heavy atom. The number of carbonyl (C=O) groups is 1. The average Bonchev–Trinajstić information content (AvgIpc) is 2.94. The van der Waals surface area contributed by atoms with Gasteiger partial charge in [0.25, 0.3) is 0 Å². The predicted octanol–water partition coefficient (Wildman–Crippen LogP) is 2.95. The highest BCUT2D eigenvalue weighted by Gasteiger charge is 2.28. The molecular formula is C19H20Cl2N2O5S. The number of carboxylic acids is 1. The van der Waals surface area contributed by atoms with E-state index in [1.165, 1.54) is 18.2 Å². The number of halogens is 2. The lowest BCUT2D eigenvalue weighted by atomic mass is 9.95. The van der Waals surface area contributed by atoms with Gasteiger partial charge < -0.3 is 15.2 Å². The second-order valence-electron chi connectivity index (χ2n) is 6.61. The van der Waals surface area contributed by atoms with E-state index in [2.05, 4.69) is 10.0 Å². The van der Waals surface area contributed by atoms with Crippen molar-refractivity contribution < 1.29 is 23.1 Å². The Hall–Kier alpha value is -1.68. The minimum atomic E-state index is -3.89. The van der Waals surface area contributed by atoms with Gasteiger partial charge >= 0.3 is 5.97 Å². The Morgan fingerprint density at radius 1 is 1.21 bits per heavy atom. The lowest BCUT2D eigenvalue weighted by Crippen LogP contribution is -2.36. The Labute approximate surface area is 179 Å². The van der Waals surface area contributed by atoms with Crippen LogP contribution in [0, 0.1) is 5.92 Å². The van der Waals surface area contributed by atoms with Gasteiger partial charge in [-0.3, -0.25) is 0 Å². The first-order valence-corrected chi connectivity index (χ1v) is 11.1. The van der Waals surface area contributed by atoms with Gasteiger partial charge in [-0.1, -0.05) is 35.3 Å². The van der Waals surface area contributed by atoms with Crippen molar-refractivity contribution in [1.29, 1.82) is 0 Å². The summed E-state index contributed by atoms with van der Waals surface area (Å²) in [4.78, 5) is 11.0. The fourth-order valence-corrected chi connectivity index (χ4v) is 4.57. The van der Waals surface area contributed by atoms with Crippen LogP contribution < -0.4 is 10.0 Å². The standard InChI is InChI=1S/C19H20Cl2N2O5S/c20-16-5-4-12(9-17(16)21)18-14(10-22-6-7-28-18)11-23-29(26,27)15-3-1-2-13(8-15)19(24)25/h1-5,8-9,14,18,22-23H,6-7,10-11H2,(H,24,25). The van der Waals surface area contributed by atoms with Gasteiger partial charge in [0.15, 0.2) is 0 Å². The van der Waals surface area contributed by atoms with E-state index >= 15 is 0 Å². The van der Waals surface area contributed by atoms with Crippen LogP contribution in [0.2, 0.25) is 10.0 Å². The molecule has 156 valence electrons. The van der Waals surface area contributed by atoms with Crippen molar-refractivity contribution in [2.75, 3.05) is 26.2 Å². The van der Waals surface area contributed by atoms with E-state index in [9.17, 15) is 13.2 Å². The van der Waals surface area contributed by atoms with Crippen LogP contribution in [0.1, 0.15) is 22.0 Å². The topological polar surface area (TPSA) is 105 Å². The van der Waals surface area contributed by atoms with Crippen molar-refractivity contribution in [3.8, 4) is 0 Å². The Kier molecular flexibility index (Phi) is 7.15. The minimum absolute atomic E-state index is 0.0948. The summed E-state index contributed by atoms with van der Waals surface area (Å²) < 4.78 is 33.9. The maximum atomic E-state index is 12.7. The quantitative estimate of drug-likeness (QED) is 0.614. The van der Waals surface area contributed by atoms with Gasteiger partial charge in [0.2, 0.25) is 10.0 Å². The van der Waals surface area contributed by atoms with Gasteiger partial charge in [-0.2, -0.15) is 0 Å². The second kappa shape index (κ2) is 9.42. The monoisotopic (exact) mass is 458 g/mol. The van der Waals surface area contributed by atoms with Crippen molar-refractivity contribution in [1.82, 2.24) is 10.0 Å². The molecule has 2 aromatic rings. The molecule has 2 atom stereocenters. The molecule has 0 amide bonds. The van der Waals surface area contributed by atoms with E-state index in [0.717, 1.165) is 11.6 Å². The molecule has 1 aliphatic heterocycles. The number of ether oxygens (including phenoxy) is 1. The number of hydrogen-bond acceptors (Lipinski definition) is 5. The molecule has 2 aromatic carbocycles. The number of hydrogen-bond donors (Lipinski definition) is 3. The van der Waals surface area contributed by atoms with E-state index in [1.54, 1.807) is 12.1 Å². The highest BCUT2D eigenvalue weighted by molar-refractivity contribution is 7.89. The largest absolute Gasteiger partial charge is 0.478 e. The van der Waals surface area contributed by atoms with E-state index in [1.807, 2.05) is 6.07 Å². The van der Waals surface area contributed by atoms with E-state index in [4.69, 9.17) is 33.0 Å². The summed E-state index contributed by atoms with van der Waals surface area (Å²) in [5, 5.41) is 13.1. The molecule has 29 heavy (non-hydrogen) atoms. The molecule has 2 unspecified atom stereocenters. The van der Waals surface area contributed by atoms with Crippen molar-refractivity contribution in [3.63, 3.8) is 0 Å². The first-order chi connectivity index (χ1) is 13.8. The highest BCUT2D eigenvalue weighted by atomic mass is 35.5. The van der Waals surface area contributed by atoms with Crippen LogP contribution in [-0.4, -0.2) is 45.7 Å². The van der Waals surface area contributed by atoms with Gasteiger partial charge in [0, 0.05) is 25.6 Å². The third-order valence-corrected chi connectivity index (χ3v) is 6.77. The molecule has 10 heteroatoms. The fraction of sp³-hybridized carbons (Fsp3) is 0.316. The molecule has 0 radical (unpaired) electrons. The van der Waals surface area contributed by atoms with Crippen LogP contribution in [0.3, 0.4) is 0 Å². The summed E-state index contributed by atoms with van der Waals surface area (Å²) in [6.07, 6.45) is -0.382. The predicted molar refractivity (Wildman–Crippen MR) is 110 cm³/mol. The van der Waals surface area contributed by atoms with E-state index < -0.39 is 16.0 Å². The summed E-state index contributed by atoms with van der Waals surface area (Å²) in [6.45, 7) is 1.73. The lowest BCUT2D eigenvalue weighted by molar-refractivity contribution is 0.0322. The lowest BCUT2D eigenvalue weighted by Gasteiger charge is -2.25. The average molecular weight is 459 g/mol. The molecule has 1 heterocycles. The van der Waals surface area contributed by atoms with Crippen LogP contribution in [-0.2, 0) is 14.8 Å². The van der Waals surface area contributed by atoms with Crippen LogP contribution in [0.5, 0.6) is 0 Å².